The van der Waals surface area contributed by atoms with Crippen molar-refractivity contribution in [2.75, 3.05) is 7.11 Å². The lowest BCUT2D eigenvalue weighted by Crippen LogP contribution is -2.32. The van der Waals surface area contributed by atoms with Crippen molar-refractivity contribution in [3.8, 4) is 28.0 Å². The van der Waals surface area contributed by atoms with Gasteiger partial charge in [-0.05, 0) is 90.2 Å². The average Bonchev–Trinajstić information content (AvgIpc) is 3.44. The maximum Gasteiger partial charge on any atom is 0.416 e. The van der Waals surface area contributed by atoms with E-state index >= 15 is 0 Å². The summed E-state index contributed by atoms with van der Waals surface area (Å²) in [4.78, 5) is 31.3. The summed E-state index contributed by atoms with van der Waals surface area (Å²) in [6.45, 7) is 2.39. The van der Waals surface area contributed by atoms with Crippen molar-refractivity contribution in [2.24, 2.45) is 0 Å². The molecule has 1 fully saturated rings. The topological polar surface area (TPSA) is 78.0 Å². The first-order valence-electron chi connectivity index (χ1n) is 17.1. The van der Waals surface area contributed by atoms with E-state index in [1.807, 2.05) is 6.07 Å². The van der Waals surface area contributed by atoms with Gasteiger partial charge in [-0.2, -0.15) is 39.5 Å². The molecule has 1 aliphatic rings. The summed E-state index contributed by atoms with van der Waals surface area (Å²) in [5.74, 6) is -0.450. The van der Waals surface area contributed by atoms with E-state index in [-0.39, 0.29) is 40.8 Å². The van der Waals surface area contributed by atoms with Crippen LogP contribution in [0.25, 0.3) is 22.3 Å². The number of aromatic nitrogens is 1. The molecule has 6 rings (SSSR count). The number of halogens is 9. The SMILES string of the molecule is COc1ccc(-c2ccc(C(=O)OCc3ccccc3)nc2C)cc1-c1ccc(C(F)(F)F)cc1CN1C(=O)O[C@H](c2cc(C(F)(F)F)cc(C(F)(F)F)c2)[C@@H]1C. The molecule has 0 unspecified atom stereocenters. The molecule has 0 bridgehead atoms. The van der Waals surface area contributed by atoms with E-state index in [4.69, 9.17) is 14.2 Å². The molecule has 2 heterocycles. The molecule has 7 nitrogen and oxygen atoms in total. The lowest BCUT2D eigenvalue weighted by atomic mass is 9.92. The van der Waals surface area contributed by atoms with E-state index in [1.54, 1.807) is 55.5 Å². The van der Waals surface area contributed by atoms with Gasteiger partial charge in [0.15, 0.2) is 0 Å². The molecule has 298 valence electrons. The standard InChI is InChI=1S/C41H31F9N2O5/c1-22-31(12-13-34(51-22)37(53)56-21-24-7-5-4-6-8-24)25-9-14-35(55-3)33(18-25)32-11-10-28(39(42,43)44)17-27(32)20-52-23(2)36(57-38(52)54)26-15-29(40(45,46)47)19-30(16-26)41(48,49)50/h4-19,23,36H,20-21H2,1-3H3/t23-,36-/m0/s1. The molecule has 0 radical (unpaired) electrons. The predicted molar refractivity (Wildman–Crippen MR) is 188 cm³/mol. The molecule has 2 atom stereocenters. The monoisotopic (exact) mass is 802 g/mol. The Kier molecular flexibility index (Phi) is 11.0. The zero-order valence-electron chi connectivity index (χ0n) is 30.1. The maximum absolute atomic E-state index is 14.1. The Labute approximate surface area is 319 Å². The third-order valence-electron chi connectivity index (χ3n) is 9.41. The molecule has 0 aliphatic carbocycles. The first kappa shape index (κ1) is 40.6. The smallest absolute Gasteiger partial charge is 0.416 e. The Morgan fingerprint density at radius 3 is 1.98 bits per heavy atom. The van der Waals surface area contributed by atoms with E-state index in [1.165, 1.54) is 26.2 Å². The van der Waals surface area contributed by atoms with Gasteiger partial charge in [-0.1, -0.05) is 48.5 Å². The van der Waals surface area contributed by atoms with Crippen molar-refractivity contribution in [2.45, 2.75) is 57.7 Å². The summed E-state index contributed by atoms with van der Waals surface area (Å²) < 4.78 is 140. The summed E-state index contributed by atoms with van der Waals surface area (Å²) in [6.07, 6.45) is -18.0. The number of rotatable bonds is 9. The summed E-state index contributed by atoms with van der Waals surface area (Å²) in [5.41, 5.74) is -2.29. The van der Waals surface area contributed by atoms with E-state index in [0.717, 1.165) is 22.6 Å². The fourth-order valence-corrected chi connectivity index (χ4v) is 6.51. The highest BCUT2D eigenvalue weighted by atomic mass is 19.4. The Morgan fingerprint density at radius 2 is 1.39 bits per heavy atom. The molecule has 57 heavy (non-hydrogen) atoms. The van der Waals surface area contributed by atoms with Gasteiger partial charge >= 0.3 is 30.6 Å². The Morgan fingerprint density at radius 1 is 0.754 bits per heavy atom. The third-order valence-corrected chi connectivity index (χ3v) is 9.41. The maximum atomic E-state index is 14.1. The van der Waals surface area contributed by atoms with Crippen LogP contribution in [-0.2, 0) is 41.2 Å². The Bertz CT molecular complexity index is 2280. The number of carbonyl (C=O) groups is 2. The molecule has 16 heteroatoms. The van der Waals surface area contributed by atoms with Crippen molar-refractivity contribution in [3.63, 3.8) is 0 Å². The number of methoxy groups -OCH3 is 1. The molecule has 1 aliphatic heterocycles. The number of esters is 1. The lowest BCUT2D eigenvalue weighted by Gasteiger charge is -2.24. The van der Waals surface area contributed by atoms with Crippen LogP contribution in [0.1, 0.15) is 62.6 Å². The van der Waals surface area contributed by atoms with Crippen LogP contribution in [0.5, 0.6) is 5.75 Å². The molecule has 0 saturated carbocycles. The number of amides is 1. The van der Waals surface area contributed by atoms with Crippen molar-refractivity contribution in [1.82, 2.24) is 9.88 Å². The third kappa shape index (κ3) is 8.84. The van der Waals surface area contributed by atoms with Crippen molar-refractivity contribution < 1.29 is 63.3 Å². The van der Waals surface area contributed by atoms with Gasteiger partial charge in [0, 0.05) is 16.8 Å². The molecule has 0 N–H and O–H groups in total. The number of benzene rings is 4. The van der Waals surface area contributed by atoms with Crippen LogP contribution in [0.15, 0.2) is 97.1 Å². The summed E-state index contributed by atoms with van der Waals surface area (Å²) >= 11 is 0. The van der Waals surface area contributed by atoms with E-state index < -0.39 is 71.5 Å². The van der Waals surface area contributed by atoms with Gasteiger partial charge in [0.25, 0.3) is 0 Å². The van der Waals surface area contributed by atoms with Crippen LogP contribution < -0.4 is 4.74 Å². The minimum atomic E-state index is -5.17. The number of hydrogen-bond acceptors (Lipinski definition) is 6. The number of carbonyl (C=O) groups excluding carboxylic acids is 2. The minimum absolute atomic E-state index is 0.0261. The Balaban J connectivity index is 1.35. The van der Waals surface area contributed by atoms with Crippen LogP contribution in [0.2, 0.25) is 0 Å². The van der Waals surface area contributed by atoms with E-state index in [0.29, 0.717) is 29.0 Å². The second-order valence-corrected chi connectivity index (χ2v) is 13.2. The number of cyclic esters (lactones) is 1. The number of nitrogens with zero attached hydrogens (tertiary/aromatic N) is 2. The van der Waals surface area contributed by atoms with Crippen LogP contribution in [0.4, 0.5) is 44.3 Å². The molecule has 4 aromatic carbocycles. The van der Waals surface area contributed by atoms with E-state index in [2.05, 4.69) is 4.98 Å². The predicted octanol–water partition coefficient (Wildman–Crippen LogP) is 11.2. The number of pyridine rings is 1. The average molecular weight is 803 g/mol. The number of alkyl halides is 9. The zero-order chi connectivity index (χ0) is 41.4. The first-order chi connectivity index (χ1) is 26.7. The number of ether oxygens (including phenoxy) is 3. The highest BCUT2D eigenvalue weighted by Gasteiger charge is 2.44. The van der Waals surface area contributed by atoms with Gasteiger partial charge in [0.2, 0.25) is 0 Å². The molecular formula is C41H31F9N2O5. The van der Waals surface area contributed by atoms with Gasteiger partial charge in [-0.25, -0.2) is 14.6 Å². The summed E-state index contributed by atoms with van der Waals surface area (Å²) in [5, 5.41) is 0. The molecular weight excluding hydrogens is 771 g/mol. The highest BCUT2D eigenvalue weighted by Crippen LogP contribution is 2.44. The Hall–Kier alpha value is -6.06. The van der Waals surface area contributed by atoms with Crippen molar-refractivity contribution in [3.05, 3.63) is 142 Å². The molecule has 1 amide bonds. The first-order valence-corrected chi connectivity index (χ1v) is 17.1. The van der Waals surface area contributed by atoms with Crippen LogP contribution in [-0.4, -0.2) is 35.1 Å². The zero-order valence-corrected chi connectivity index (χ0v) is 30.1. The van der Waals surface area contributed by atoms with Crippen molar-refractivity contribution >= 4 is 12.1 Å². The summed E-state index contributed by atoms with van der Waals surface area (Å²) in [6, 6.07) is 19.3. The fourth-order valence-electron chi connectivity index (χ4n) is 6.51. The largest absolute Gasteiger partial charge is 0.496 e. The van der Waals surface area contributed by atoms with Gasteiger partial charge < -0.3 is 14.2 Å². The second-order valence-electron chi connectivity index (χ2n) is 13.2. The normalized spacial score (nSPS) is 16.1. The van der Waals surface area contributed by atoms with Crippen LogP contribution in [0, 0.1) is 6.92 Å². The van der Waals surface area contributed by atoms with Gasteiger partial charge in [-0.3, -0.25) is 4.90 Å². The minimum Gasteiger partial charge on any atom is -0.496 e. The van der Waals surface area contributed by atoms with Crippen LogP contribution >= 0.6 is 0 Å². The molecule has 1 aromatic heterocycles. The van der Waals surface area contributed by atoms with Gasteiger partial charge in [-0.15, -0.1) is 0 Å². The highest BCUT2D eigenvalue weighted by molar-refractivity contribution is 5.88. The van der Waals surface area contributed by atoms with Gasteiger partial charge in [0.05, 0.1) is 36.4 Å². The quantitative estimate of drug-likeness (QED) is 0.109. The number of aryl methyl sites for hydroxylation is 1. The van der Waals surface area contributed by atoms with E-state index in [9.17, 15) is 49.1 Å². The number of hydrogen-bond donors (Lipinski definition) is 0. The molecule has 1 saturated heterocycles. The van der Waals surface area contributed by atoms with Gasteiger partial charge in [0.1, 0.15) is 24.2 Å². The molecule has 5 aromatic rings. The summed E-state index contributed by atoms with van der Waals surface area (Å²) in [7, 11) is 1.33. The fraction of sp³-hybridized carbons (Fsp3) is 0.244. The van der Waals surface area contributed by atoms with Crippen LogP contribution in [0.3, 0.4) is 0 Å². The lowest BCUT2D eigenvalue weighted by molar-refractivity contribution is -0.143. The molecule has 0 spiro atoms. The van der Waals surface area contributed by atoms with Crippen molar-refractivity contribution in [1.29, 1.82) is 0 Å². The second kappa shape index (κ2) is 15.5.